The number of aliphatic hydroxyl groups excluding tert-OH is 1. The quantitative estimate of drug-likeness (QED) is 0.631. The summed E-state index contributed by atoms with van der Waals surface area (Å²) in [6, 6.07) is 0. The van der Waals surface area contributed by atoms with Gasteiger partial charge in [0.2, 0.25) is 0 Å². The van der Waals surface area contributed by atoms with Gasteiger partial charge < -0.3 is 5.11 Å². The van der Waals surface area contributed by atoms with Crippen LogP contribution in [0.2, 0.25) is 0 Å². The van der Waals surface area contributed by atoms with E-state index in [1.165, 1.54) is 12.0 Å². The lowest BCUT2D eigenvalue weighted by Gasteiger charge is -2.58. The molecule has 22 heavy (non-hydrogen) atoms. The van der Waals surface area contributed by atoms with Gasteiger partial charge in [0.15, 0.2) is 0 Å². The van der Waals surface area contributed by atoms with E-state index in [0.29, 0.717) is 17.8 Å². The molecule has 0 bridgehead atoms. The van der Waals surface area contributed by atoms with E-state index in [9.17, 15) is 9.50 Å². The number of halogens is 1. The van der Waals surface area contributed by atoms with Crippen LogP contribution in [0.3, 0.4) is 0 Å². The van der Waals surface area contributed by atoms with Gasteiger partial charge in [-0.1, -0.05) is 32.4 Å². The first kappa shape index (κ1) is 15.2. The molecule has 3 unspecified atom stereocenters. The van der Waals surface area contributed by atoms with Crippen molar-refractivity contribution < 1.29 is 9.50 Å². The van der Waals surface area contributed by atoms with Crippen LogP contribution in [0.4, 0.5) is 4.39 Å². The van der Waals surface area contributed by atoms with Crippen LogP contribution in [0, 0.1) is 34.5 Å². The highest BCUT2D eigenvalue weighted by Gasteiger charge is 2.61. The van der Waals surface area contributed by atoms with E-state index < -0.39 is 6.17 Å². The van der Waals surface area contributed by atoms with Crippen molar-refractivity contribution in [1.82, 2.24) is 0 Å². The third kappa shape index (κ3) is 1.74. The number of rotatable bonds is 0. The van der Waals surface area contributed by atoms with Crippen LogP contribution >= 0.6 is 0 Å². The average Bonchev–Trinajstić information content (AvgIpc) is 2.72. The molecule has 1 N–H and O–H groups in total. The molecule has 1 nitrogen and oxygen atoms in total. The molecule has 124 valence electrons. The normalized spacial score (nSPS) is 57.6. The molecule has 3 fully saturated rings. The Bertz CT molecular complexity index is 500. The monoisotopic (exact) mass is 306 g/mol. The van der Waals surface area contributed by atoms with E-state index in [1.807, 2.05) is 0 Å². The largest absolute Gasteiger partial charge is 0.392 e. The molecule has 0 saturated heterocycles. The fourth-order valence-corrected chi connectivity index (χ4v) is 7.02. The predicted molar refractivity (Wildman–Crippen MR) is 87.2 cm³/mol. The minimum atomic E-state index is -0.632. The predicted octanol–water partition coefficient (Wildman–Crippen LogP) is 4.89. The summed E-state index contributed by atoms with van der Waals surface area (Å²) in [6.07, 6.45) is 9.15. The van der Waals surface area contributed by atoms with Gasteiger partial charge in [-0.05, 0) is 68.6 Å². The molecule has 0 radical (unpaired) electrons. The molecule has 3 saturated carbocycles. The Balaban J connectivity index is 1.72. The van der Waals surface area contributed by atoms with E-state index >= 15 is 0 Å². The molecular weight excluding hydrogens is 275 g/mol. The van der Waals surface area contributed by atoms with Crippen molar-refractivity contribution in [3.63, 3.8) is 0 Å². The summed E-state index contributed by atoms with van der Waals surface area (Å²) in [4.78, 5) is 0. The zero-order chi connectivity index (χ0) is 15.7. The molecule has 4 aliphatic rings. The molecule has 0 heterocycles. The Morgan fingerprint density at radius 1 is 1.23 bits per heavy atom. The van der Waals surface area contributed by atoms with Crippen LogP contribution in [-0.2, 0) is 0 Å². The summed E-state index contributed by atoms with van der Waals surface area (Å²) < 4.78 is 14.8. The summed E-state index contributed by atoms with van der Waals surface area (Å²) in [7, 11) is 0. The maximum absolute atomic E-state index is 14.8. The van der Waals surface area contributed by atoms with Gasteiger partial charge >= 0.3 is 0 Å². The molecule has 0 spiro atoms. The van der Waals surface area contributed by atoms with Crippen molar-refractivity contribution in [1.29, 1.82) is 0 Å². The summed E-state index contributed by atoms with van der Waals surface area (Å²) >= 11 is 0. The van der Waals surface area contributed by atoms with Crippen LogP contribution in [0.15, 0.2) is 11.6 Å². The Labute approximate surface area is 134 Å². The number of allylic oxidation sites excluding steroid dienone is 1. The third-order valence-corrected chi connectivity index (χ3v) is 8.34. The average molecular weight is 306 g/mol. The Kier molecular flexibility index (Phi) is 3.32. The van der Waals surface area contributed by atoms with Crippen molar-refractivity contribution in [2.24, 2.45) is 34.5 Å². The maximum atomic E-state index is 14.8. The lowest BCUT2D eigenvalue weighted by molar-refractivity contribution is -0.0915. The molecular formula is C20H31FO. The van der Waals surface area contributed by atoms with Gasteiger partial charge in [-0.3, -0.25) is 0 Å². The highest BCUT2D eigenvalue weighted by atomic mass is 19.1. The van der Waals surface area contributed by atoms with Crippen LogP contribution in [0.5, 0.6) is 0 Å². The van der Waals surface area contributed by atoms with E-state index in [1.54, 1.807) is 0 Å². The molecule has 8 atom stereocenters. The Morgan fingerprint density at radius 2 is 2.00 bits per heavy atom. The van der Waals surface area contributed by atoms with Crippen molar-refractivity contribution in [3.05, 3.63) is 11.6 Å². The molecule has 0 amide bonds. The van der Waals surface area contributed by atoms with Crippen molar-refractivity contribution in [2.45, 2.75) is 78.0 Å². The minimum absolute atomic E-state index is 0.0276. The highest BCUT2D eigenvalue weighted by molar-refractivity contribution is 5.26. The number of aliphatic hydroxyl groups is 1. The molecule has 0 aromatic heterocycles. The number of fused-ring (bicyclic) bond motifs is 5. The molecule has 4 aliphatic carbocycles. The van der Waals surface area contributed by atoms with Crippen molar-refractivity contribution in [3.8, 4) is 0 Å². The van der Waals surface area contributed by atoms with Gasteiger partial charge in [0.25, 0.3) is 0 Å². The smallest absolute Gasteiger partial charge is 0.108 e. The van der Waals surface area contributed by atoms with Gasteiger partial charge in [0, 0.05) is 10.8 Å². The van der Waals surface area contributed by atoms with Gasteiger partial charge in [-0.2, -0.15) is 0 Å². The minimum Gasteiger partial charge on any atom is -0.392 e. The summed E-state index contributed by atoms with van der Waals surface area (Å²) in [5.41, 5.74) is 1.38. The Hall–Kier alpha value is -0.370. The van der Waals surface area contributed by atoms with Crippen LogP contribution in [-0.4, -0.2) is 17.4 Å². The highest BCUT2D eigenvalue weighted by Crippen LogP contribution is 2.66. The van der Waals surface area contributed by atoms with Crippen molar-refractivity contribution >= 4 is 0 Å². The third-order valence-electron chi connectivity index (χ3n) is 8.34. The summed E-state index contributed by atoms with van der Waals surface area (Å²) in [5.74, 6) is 1.88. The Morgan fingerprint density at radius 3 is 2.77 bits per heavy atom. The van der Waals surface area contributed by atoms with Gasteiger partial charge in [0.05, 0.1) is 6.10 Å². The molecule has 0 aliphatic heterocycles. The summed E-state index contributed by atoms with van der Waals surface area (Å²) in [6.45, 7) is 6.62. The standard InChI is InChI=1S/C20H31FO/c1-12-11-16-14-8-7-13-5-4-6-17(22)20(13,3)15(14)9-10-19(16,2)18(12)21/h7,12,14-18,22H,4-6,8-11H2,1-3H3/t12?,14-,15-,16+,17?,18?,19+,20+/m1/s1. The van der Waals surface area contributed by atoms with E-state index in [2.05, 4.69) is 26.8 Å². The first-order chi connectivity index (χ1) is 10.4. The zero-order valence-corrected chi connectivity index (χ0v) is 14.3. The lowest BCUT2D eigenvalue weighted by Crippen LogP contribution is -2.54. The summed E-state index contributed by atoms with van der Waals surface area (Å²) in [5, 5.41) is 10.8. The van der Waals surface area contributed by atoms with Crippen molar-refractivity contribution in [2.75, 3.05) is 0 Å². The SMILES string of the molecule is CC1C[C@H]2[C@@H]3CC=C4CCCC(O)[C@]4(C)[C@@H]3CC[C@]2(C)C1F. The lowest BCUT2D eigenvalue weighted by atomic mass is 9.47. The van der Waals surface area contributed by atoms with Crippen LogP contribution in [0.25, 0.3) is 0 Å². The van der Waals surface area contributed by atoms with Gasteiger partial charge in [-0.25, -0.2) is 4.39 Å². The van der Waals surface area contributed by atoms with E-state index in [4.69, 9.17) is 0 Å². The van der Waals surface area contributed by atoms with Gasteiger partial charge in [-0.15, -0.1) is 0 Å². The van der Waals surface area contributed by atoms with E-state index in [0.717, 1.165) is 38.5 Å². The molecule has 0 aromatic carbocycles. The van der Waals surface area contributed by atoms with Crippen LogP contribution < -0.4 is 0 Å². The fraction of sp³-hybridized carbons (Fsp3) is 0.900. The fourth-order valence-electron chi connectivity index (χ4n) is 7.02. The second-order valence-corrected chi connectivity index (χ2v) is 9.19. The van der Waals surface area contributed by atoms with Gasteiger partial charge in [0.1, 0.15) is 6.17 Å². The maximum Gasteiger partial charge on any atom is 0.108 e. The molecule has 0 aromatic rings. The zero-order valence-electron chi connectivity index (χ0n) is 14.3. The number of alkyl halides is 1. The topological polar surface area (TPSA) is 20.2 Å². The molecule has 4 rings (SSSR count). The first-order valence-corrected chi connectivity index (χ1v) is 9.40. The van der Waals surface area contributed by atoms with E-state index in [-0.39, 0.29) is 22.9 Å². The second kappa shape index (κ2) is 4.82. The number of hydrogen-bond donors (Lipinski definition) is 1. The number of hydrogen-bond acceptors (Lipinski definition) is 1. The second-order valence-electron chi connectivity index (χ2n) is 9.19. The first-order valence-electron chi connectivity index (χ1n) is 9.40. The molecule has 2 heteroatoms. The van der Waals surface area contributed by atoms with Crippen LogP contribution in [0.1, 0.15) is 65.7 Å².